The molecule has 0 radical (unpaired) electrons. The van der Waals surface area contributed by atoms with E-state index in [9.17, 15) is 14.9 Å². The van der Waals surface area contributed by atoms with Gasteiger partial charge in [0.25, 0.3) is 11.6 Å². The van der Waals surface area contributed by atoms with Crippen LogP contribution in [0.15, 0.2) is 18.2 Å². The summed E-state index contributed by atoms with van der Waals surface area (Å²) in [5, 5.41) is 10.8. The highest BCUT2D eigenvalue weighted by molar-refractivity contribution is 5.96. The number of halogens is 1. The highest BCUT2D eigenvalue weighted by Gasteiger charge is 2.29. The van der Waals surface area contributed by atoms with Gasteiger partial charge in [-0.3, -0.25) is 14.9 Å². The number of amides is 1. The fourth-order valence-corrected chi connectivity index (χ4v) is 2.46. The fraction of sp³-hybridized carbons (Fsp3) is 0.462. The van der Waals surface area contributed by atoms with Gasteiger partial charge in [0.15, 0.2) is 0 Å². The van der Waals surface area contributed by atoms with Crippen molar-refractivity contribution >= 4 is 24.0 Å². The van der Waals surface area contributed by atoms with Crippen molar-refractivity contribution in [3.05, 3.63) is 39.4 Å². The molecule has 2 N–H and O–H groups in total. The number of nitrogens with two attached hydrogens (primary N) is 1. The maximum atomic E-state index is 12.5. The maximum Gasteiger partial charge on any atom is 0.270 e. The topological polar surface area (TPSA) is 89.5 Å². The van der Waals surface area contributed by atoms with Gasteiger partial charge in [-0.05, 0) is 25.3 Å². The number of aryl methyl sites for hydroxylation is 1. The second kappa shape index (κ2) is 6.67. The summed E-state index contributed by atoms with van der Waals surface area (Å²) in [6, 6.07) is 4.42. The Kier molecular flexibility index (Phi) is 5.47. The van der Waals surface area contributed by atoms with Crippen LogP contribution in [-0.4, -0.2) is 34.9 Å². The lowest BCUT2D eigenvalue weighted by Gasteiger charge is -2.24. The van der Waals surface area contributed by atoms with E-state index in [1.54, 1.807) is 17.9 Å². The van der Waals surface area contributed by atoms with E-state index in [1.165, 1.54) is 12.1 Å². The number of hydrogen-bond acceptors (Lipinski definition) is 4. The molecule has 1 atom stereocenters. The largest absolute Gasteiger partial charge is 0.334 e. The summed E-state index contributed by atoms with van der Waals surface area (Å²) >= 11 is 0. The third kappa shape index (κ3) is 3.08. The van der Waals surface area contributed by atoms with Crippen LogP contribution >= 0.6 is 12.4 Å². The van der Waals surface area contributed by atoms with Crippen LogP contribution in [0.25, 0.3) is 0 Å². The Morgan fingerprint density at radius 3 is 2.85 bits per heavy atom. The number of carbonyl (C=O) groups excluding carboxylic acids is 1. The molecule has 20 heavy (non-hydrogen) atoms. The van der Waals surface area contributed by atoms with Crippen molar-refractivity contribution in [2.24, 2.45) is 5.73 Å². The first-order valence-corrected chi connectivity index (χ1v) is 6.30. The Bertz CT molecular complexity index is 522. The first-order chi connectivity index (χ1) is 9.04. The average Bonchev–Trinajstić information content (AvgIpc) is 2.86. The number of rotatable bonds is 3. The molecule has 0 bridgehead atoms. The summed E-state index contributed by atoms with van der Waals surface area (Å²) in [6.45, 7) is 2.88. The maximum absolute atomic E-state index is 12.5. The Hall–Kier alpha value is -1.66. The molecule has 7 heteroatoms. The number of carbonyl (C=O) groups is 1. The third-order valence-corrected chi connectivity index (χ3v) is 3.57. The lowest BCUT2D eigenvalue weighted by Crippen LogP contribution is -2.40. The van der Waals surface area contributed by atoms with Gasteiger partial charge in [0, 0.05) is 36.8 Å². The molecule has 1 aliphatic rings. The van der Waals surface area contributed by atoms with Crippen LogP contribution in [0.1, 0.15) is 28.8 Å². The first kappa shape index (κ1) is 16.4. The molecule has 110 valence electrons. The van der Waals surface area contributed by atoms with Gasteiger partial charge in [0.1, 0.15) is 0 Å². The van der Waals surface area contributed by atoms with Gasteiger partial charge >= 0.3 is 0 Å². The summed E-state index contributed by atoms with van der Waals surface area (Å²) in [6.07, 6.45) is 1.83. The van der Waals surface area contributed by atoms with Gasteiger partial charge in [-0.15, -0.1) is 12.4 Å². The van der Waals surface area contributed by atoms with Crippen LogP contribution in [0.4, 0.5) is 5.69 Å². The standard InChI is InChI=1S/C13H17N3O3.ClH/c1-9-4-5-10(16(18)19)7-12(9)13(17)15-6-2-3-11(15)8-14;/h4-5,7,11H,2-3,6,8,14H2,1H3;1H. The molecule has 2 rings (SSSR count). The average molecular weight is 300 g/mol. The summed E-state index contributed by atoms with van der Waals surface area (Å²) in [5.41, 5.74) is 6.74. The van der Waals surface area contributed by atoms with Crippen LogP contribution < -0.4 is 5.73 Å². The van der Waals surface area contributed by atoms with Crippen LogP contribution in [0.2, 0.25) is 0 Å². The number of non-ortho nitro benzene ring substituents is 1. The second-order valence-electron chi connectivity index (χ2n) is 4.79. The monoisotopic (exact) mass is 299 g/mol. The minimum Gasteiger partial charge on any atom is -0.334 e. The molecule has 1 heterocycles. The zero-order valence-electron chi connectivity index (χ0n) is 11.2. The van der Waals surface area contributed by atoms with E-state index in [-0.39, 0.29) is 30.0 Å². The van der Waals surface area contributed by atoms with Crippen LogP contribution in [-0.2, 0) is 0 Å². The highest BCUT2D eigenvalue weighted by Crippen LogP contribution is 2.23. The number of likely N-dealkylation sites (tertiary alicyclic amines) is 1. The molecular formula is C13H18ClN3O3. The quantitative estimate of drug-likeness (QED) is 0.681. The minimum absolute atomic E-state index is 0. The lowest BCUT2D eigenvalue weighted by molar-refractivity contribution is -0.384. The van der Waals surface area contributed by atoms with Crippen LogP contribution in [0, 0.1) is 17.0 Å². The predicted molar refractivity (Wildman–Crippen MR) is 78.2 cm³/mol. The van der Waals surface area contributed by atoms with Crippen molar-refractivity contribution in [3.8, 4) is 0 Å². The van der Waals surface area contributed by atoms with E-state index >= 15 is 0 Å². The van der Waals surface area contributed by atoms with Crippen molar-refractivity contribution in [3.63, 3.8) is 0 Å². The van der Waals surface area contributed by atoms with E-state index in [0.29, 0.717) is 18.7 Å². The Labute approximate surface area is 123 Å². The van der Waals surface area contributed by atoms with Crippen molar-refractivity contribution in [1.82, 2.24) is 4.90 Å². The van der Waals surface area contributed by atoms with Crippen molar-refractivity contribution in [2.75, 3.05) is 13.1 Å². The first-order valence-electron chi connectivity index (χ1n) is 6.30. The predicted octanol–water partition coefficient (Wildman–Crippen LogP) is 1.89. The molecule has 1 amide bonds. The number of nitro benzene ring substituents is 1. The molecule has 6 nitrogen and oxygen atoms in total. The Balaban J connectivity index is 0.00000200. The molecule has 1 aliphatic heterocycles. The van der Waals surface area contributed by atoms with Crippen molar-refractivity contribution < 1.29 is 9.72 Å². The van der Waals surface area contributed by atoms with Gasteiger partial charge < -0.3 is 10.6 Å². The van der Waals surface area contributed by atoms with Crippen molar-refractivity contribution in [2.45, 2.75) is 25.8 Å². The van der Waals surface area contributed by atoms with Gasteiger partial charge in [0.2, 0.25) is 0 Å². The molecule has 0 spiro atoms. The summed E-state index contributed by atoms with van der Waals surface area (Å²) in [7, 11) is 0. The molecule has 0 saturated carbocycles. The van der Waals surface area contributed by atoms with Crippen LogP contribution in [0.3, 0.4) is 0 Å². The molecule has 0 aromatic heterocycles. The molecule has 1 unspecified atom stereocenters. The van der Waals surface area contributed by atoms with Gasteiger partial charge in [-0.25, -0.2) is 0 Å². The molecule has 1 aromatic carbocycles. The Morgan fingerprint density at radius 1 is 1.55 bits per heavy atom. The normalized spacial score (nSPS) is 17.7. The zero-order valence-corrected chi connectivity index (χ0v) is 12.1. The molecule has 1 fully saturated rings. The van der Waals surface area contributed by atoms with E-state index in [1.807, 2.05) is 0 Å². The fourth-order valence-electron chi connectivity index (χ4n) is 2.46. The number of nitro groups is 1. The molecule has 1 aromatic rings. The van der Waals surface area contributed by atoms with Gasteiger partial charge in [-0.2, -0.15) is 0 Å². The molecule has 1 saturated heterocycles. The lowest BCUT2D eigenvalue weighted by atomic mass is 10.1. The minimum atomic E-state index is -0.485. The highest BCUT2D eigenvalue weighted by atomic mass is 35.5. The zero-order chi connectivity index (χ0) is 14.0. The summed E-state index contributed by atoms with van der Waals surface area (Å²) in [5.74, 6) is -0.158. The second-order valence-corrected chi connectivity index (χ2v) is 4.79. The Morgan fingerprint density at radius 2 is 2.25 bits per heavy atom. The van der Waals surface area contributed by atoms with E-state index in [4.69, 9.17) is 5.73 Å². The van der Waals surface area contributed by atoms with Crippen LogP contribution in [0.5, 0.6) is 0 Å². The third-order valence-electron chi connectivity index (χ3n) is 3.57. The number of hydrogen-bond donors (Lipinski definition) is 1. The number of benzene rings is 1. The van der Waals surface area contributed by atoms with Crippen molar-refractivity contribution in [1.29, 1.82) is 0 Å². The number of nitrogens with zero attached hydrogens (tertiary/aromatic N) is 2. The molecular weight excluding hydrogens is 282 g/mol. The van der Waals surface area contributed by atoms with E-state index in [0.717, 1.165) is 18.4 Å². The summed E-state index contributed by atoms with van der Waals surface area (Å²) in [4.78, 5) is 24.5. The molecule has 0 aliphatic carbocycles. The SMILES string of the molecule is Cc1ccc([N+](=O)[O-])cc1C(=O)N1CCCC1CN.Cl. The van der Waals surface area contributed by atoms with E-state index in [2.05, 4.69) is 0 Å². The smallest absolute Gasteiger partial charge is 0.270 e. The van der Waals surface area contributed by atoms with E-state index < -0.39 is 4.92 Å². The van der Waals surface area contributed by atoms with Gasteiger partial charge in [0.05, 0.1) is 4.92 Å². The van der Waals surface area contributed by atoms with Gasteiger partial charge in [-0.1, -0.05) is 6.07 Å². The summed E-state index contributed by atoms with van der Waals surface area (Å²) < 4.78 is 0.